The van der Waals surface area contributed by atoms with Crippen LogP contribution in [0.3, 0.4) is 0 Å². The molecule has 0 fully saturated rings. The quantitative estimate of drug-likeness (QED) is 0.417. The average Bonchev–Trinajstić information content (AvgIpc) is 2.58. The second kappa shape index (κ2) is 10.3. The second-order valence-electron chi connectivity index (χ2n) is 5.30. The number of methoxy groups -OCH3 is 1. The molecule has 1 aromatic rings. The molecule has 1 aromatic carbocycles. The van der Waals surface area contributed by atoms with Gasteiger partial charge in [0.1, 0.15) is 17.4 Å². The number of amides is 1. The molecule has 5 heteroatoms. The Hall–Kier alpha value is -2.48. The van der Waals surface area contributed by atoms with Gasteiger partial charge in [-0.05, 0) is 31.0 Å². The molecule has 0 saturated heterocycles. The lowest BCUT2D eigenvalue weighted by molar-refractivity contribution is -0.117. The first-order chi connectivity index (χ1) is 11.1. The van der Waals surface area contributed by atoms with Crippen molar-refractivity contribution in [3.63, 3.8) is 0 Å². The number of carbonyl (C=O) groups excluding carboxylic acids is 1. The predicted octanol–water partition coefficient (Wildman–Crippen LogP) is 3.06. The molecule has 0 saturated carbocycles. The highest BCUT2D eigenvalue weighted by molar-refractivity contribution is 5.97. The Bertz CT molecular complexity index is 559. The second-order valence-corrected chi connectivity index (χ2v) is 5.30. The Kier molecular flexibility index (Phi) is 8.30. The van der Waals surface area contributed by atoms with Crippen molar-refractivity contribution >= 4 is 5.91 Å². The molecule has 0 aliphatic carbocycles. The molecule has 0 aromatic heterocycles. The Balaban J connectivity index is 2.57. The highest BCUT2D eigenvalue weighted by Crippen LogP contribution is 2.17. The van der Waals surface area contributed by atoms with Crippen molar-refractivity contribution < 1.29 is 9.53 Å². The van der Waals surface area contributed by atoms with E-state index in [0.29, 0.717) is 0 Å². The number of hydrogen-bond acceptors (Lipinski definition) is 4. The fourth-order valence-corrected chi connectivity index (χ4v) is 2.05. The molecule has 0 spiro atoms. The Morgan fingerprint density at radius 3 is 2.61 bits per heavy atom. The average molecular weight is 315 g/mol. The van der Waals surface area contributed by atoms with Crippen LogP contribution in [-0.4, -0.2) is 19.6 Å². The normalized spacial score (nSPS) is 12.2. The van der Waals surface area contributed by atoms with E-state index in [2.05, 4.69) is 17.6 Å². The Labute approximate surface area is 138 Å². The lowest BCUT2D eigenvalue weighted by atomic mass is 10.1. The zero-order valence-electron chi connectivity index (χ0n) is 14.1. The van der Waals surface area contributed by atoms with Crippen molar-refractivity contribution in [1.29, 1.82) is 5.26 Å². The number of hydrogen-bond donors (Lipinski definition) is 2. The summed E-state index contributed by atoms with van der Waals surface area (Å²) in [4.78, 5) is 12.1. The monoisotopic (exact) mass is 315 g/mol. The van der Waals surface area contributed by atoms with Gasteiger partial charge in [0.2, 0.25) is 0 Å². The van der Waals surface area contributed by atoms with Crippen LogP contribution in [0.4, 0.5) is 0 Å². The van der Waals surface area contributed by atoms with Crippen molar-refractivity contribution in [2.45, 2.75) is 39.2 Å². The summed E-state index contributed by atoms with van der Waals surface area (Å²) in [6.45, 7) is 4.77. The van der Waals surface area contributed by atoms with Crippen LogP contribution in [0.2, 0.25) is 0 Å². The van der Waals surface area contributed by atoms with Gasteiger partial charge in [0.15, 0.2) is 0 Å². The molecule has 0 bridgehead atoms. The molecule has 1 rings (SSSR count). The summed E-state index contributed by atoms with van der Waals surface area (Å²) in [5.41, 5.74) is 1.04. The van der Waals surface area contributed by atoms with E-state index < -0.39 is 0 Å². The van der Waals surface area contributed by atoms with Crippen LogP contribution in [-0.2, 0) is 4.79 Å². The fraction of sp³-hybridized carbons (Fsp3) is 0.444. The molecule has 124 valence electrons. The van der Waals surface area contributed by atoms with E-state index in [0.717, 1.165) is 37.1 Å². The van der Waals surface area contributed by atoms with Gasteiger partial charge < -0.3 is 15.4 Å². The number of nitrogens with zero attached hydrogens (tertiary/aromatic N) is 1. The van der Waals surface area contributed by atoms with E-state index >= 15 is 0 Å². The van der Waals surface area contributed by atoms with E-state index in [4.69, 9.17) is 10.00 Å². The van der Waals surface area contributed by atoms with E-state index in [1.807, 2.05) is 37.3 Å². The largest absolute Gasteiger partial charge is 0.497 e. The van der Waals surface area contributed by atoms with E-state index in [9.17, 15) is 4.79 Å². The summed E-state index contributed by atoms with van der Waals surface area (Å²) in [5, 5.41) is 15.0. The molecule has 2 N–H and O–H groups in total. The third-order valence-corrected chi connectivity index (χ3v) is 3.50. The summed E-state index contributed by atoms with van der Waals surface area (Å²) in [6.07, 6.45) is 4.78. The van der Waals surface area contributed by atoms with E-state index in [-0.39, 0.29) is 17.5 Å². The lowest BCUT2D eigenvalue weighted by Gasteiger charge is -2.14. The molecule has 1 amide bonds. The topological polar surface area (TPSA) is 74.2 Å². The molecule has 0 radical (unpaired) electrons. The first-order valence-corrected chi connectivity index (χ1v) is 7.90. The van der Waals surface area contributed by atoms with Gasteiger partial charge in [-0.25, -0.2) is 0 Å². The molecular formula is C18H25N3O2. The van der Waals surface area contributed by atoms with Crippen molar-refractivity contribution in [3.8, 4) is 11.8 Å². The molecule has 0 heterocycles. The number of carbonyl (C=O) groups is 1. The zero-order chi connectivity index (χ0) is 17.1. The number of ether oxygens (including phenoxy) is 1. The standard InChI is InChI=1S/C18H25N3O2/c1-4-5-6-11-20-13-16(12-19)18(22)21-14(2)15-7-9-17(23-3)10-8-15/h7-10,13-14,20H,4-6,11H2,1-3H3,(H,21,22)/b16-13-. The van der Waals surface area contributed by atoms with E-state index in [1.165, 1.54) is 6.20 Å². The zero-order valence-corrected chi connectivity index (χ0v) is 14.1. The summed E-state index contributed by atoms with van der Waals surface area (Å²) >= 11 is 0. The van der Waals surface area contributed by atoms with Crippen molar-refractivity contribution in [3.05, 3.63) is 41.6 Å². The minimum absolute atomic E-state index is 0.0851. The number of rotatable bonds is 9. The van der Waals surface area contributed by atoms with Gasteiger partial charge in [-0.2, -0.15) is 5.26 Å². The third-order valence-electron chi connectivity index (χ3n) is 3.50. The lowest BCUT2D eigenvalue weighted by Crippen LogP contribution is -2.28. The number of unbranched alkanes of at least 4 members (excludes halogenated alkanes) is 2. The smallest absolute Gasteiger partial charge is 0.263 e. The summed E-state index contributed by atoms with van der Waals surface area (Å²) in [7, 11) is 1.61. The first kappa shape index (κ1) is 18.6. The van der Waals surface area contributed by atoms with Crippen LogP contribution in [0.5, 0.6) is 5.75 Å². The van der Waals surface area contributed by atoms with Gasteiger partial charge in [-0.3, -0.25) is 4.79 Å². The Morgan fingerprint density at radius 2 is 2.04 bits per heavy atom. The van der Waals surface area contributed by atoms with Crippen molar-refractivity contribution in [2.24, 2.45) is 0 Å². The number of benzene rings is 1. The van der Waals surface area contributed by atoms with E-state index in [1.54, 1.807) is 7.11 Å². The molecule has 0 aliphatic rings. The maximum Gasteiger partial charge on any atom is 0.263 e. The van der Waals surface area contributed by atoms with Crippen molar-refractivity contribution in [2.75, 3.05) is 13.7 Å². The maximum absolute atomic E-state index is 12.1. The molecule has 1 atom stereocenters. The first-order valence-electron chi connectivity index (χ1n) is 7.90. The van der Waals surface area contributed by atoms with Gasteiger partial charge in [-0.1, -0.05) is 31.9 Å². The van der Waals surface area contributed by atoms with Crippen LogP contribution in [0.1, 0.15) is 44.7 Å². The van der Waals surface area contributed by atoms with Gasteiger partial charge in [0.25, 0.3) is 5.91 Å². The van der Waals surface area contributed by atoms with Crippen LogP contribution in [0.25, 0.3) is 0 Å². The summed E-state index contributed by atoms with van der Waals surface area (Å²) < 4.78 is 5.11. The highest BCUT2D eigenvalue weighted by atomic mass is 16.5. The third kappa shape index (κ3) is 6.43. The summed E-state index contributed by atoms with van der Waals surface area (Å²) in [6, 6.07) is 9.21. The van der Waals surface area contributed by atoms with Gasteiger partial charge >= 0.3 is 0 Å². The minimum atomic E-state index is -0.376. The fourth-order valence-electron chi connectivity index (χ4n) is 2.05. The highest BCUT2D eigenvalue weighted by Gasteiger charge is 2.13. The van der Waals surface area contributed by atoms with Gasteiger partial charge in [0.05, 0.1) is 13.2 Å². The number of nitriles is 1. The Morgan fingerprint density at radius 1 is 1.35 bits per heavy atom. The molecule has 5 nitrogen and oxygen atoms in total. The summed E-state index contributed by atoms with van der Waals surface area (Å²) in [5.74, 6) is 0.389. The van der Waals surface area contributed by atoms with Crippen LogP contribution in [0, 0.1) is 11.3 Å². The molecule has 0 aliphatic heterocycles. The van der Waals surface area contributed by atoms with Crippen LogP contribution >= 0.6 is 0 Å². The van der Waals surface area contributed by atoms with Crippen LogP contribution in [0.15, 0.2) is 36.0 Å². The number of nitrogens with one attached hydrogen (secondary N) is 2. The SMILES string of the molecule is CCCCCN/C=C(/C#N)C(=O)NC(C)c1ccc(OC)cc1. The molecular weight excluding hydrogens is 290 g/mol. The maximum atomic E-state index is 12.1. The predicted molar refractivity (Wildman–Crippen MR) is 90.8 cm³/mol. The molecule has 23 heavy (non-hydrogen) atoms. The molecule has 1 unspecified atom stereocenters. The van der Waals surface area contributed by atoms with Gasteiger partial charge in [-0.15, -0.1) is 0 Å². The van der Waals surface area contributed by atoms with Crippen molar-refractivity contribution in [1.82, 2.24) is 10.6 Å². The minimum Gasteiger partial charge on any atom is -0.497 e. The van der Waals surface area contributed by atoms with Crippen LogP contribution < -0.4 is 15.4 Å². The van der Waals surface area contributed by atoms with Gasteiger partial charge in [0, 0.05) is 12.7 Å².